The normalized spacial score (nSPS) is 11.6. The molecule has 0 fully saturated rings. The molecule has 1 N–H and O–H groups in total. The molecule has 0 aliphatic heterocycles. The van der Waals surface area contributed by atoms with Gasteiger partial charge in [0.2, 0.25) is 0 Å². The van der Waals surface area contributed by atoms with Crippen molar-refractivity contribution >= 4 is 5.71 Å². The van der Waals surface area contributed by atoms with E-state index in [0.717, 1.165) is 25.1 Å². The molecular weight excluding hydrogens is 160 g/mol. The van der Waals surface area contributed by atoms with Crippen LogP contribution in [0.25, 0.3) is 0 Å². The monoisotopic (exact) mass is 178 g/mol. The fourth-order valence-corrected chi connectivity index (χ4v) is 0.795. The quantitative estimate of drug-likeness (QED) is 0.275. The van der Waals surface area contributed by atoms with Crippen LogP contribution < -0.4 is 5.43 Å². The summed E-state index contributed by atoms with van der Waals surface area (Å²) >= 11 is 0. The summed E-state index contributed by atoms with van der Waals surface area (Å²) in [6.45, 7) is 10.2. The van der Waals surface area contributed by atoms with Crippen molar-refractivity contribution in [2.24, 2.45) is 5.10 Å². The third-order valence-corrected chi connectivity index (χ3v) is 1.47. The first kappa shape index (κ1) is 11.7. The van der Waals surface area contributed by atoms with Crippen LogP contribution in [-0.4, -0.2) is 12.3 Å². The van der Waals surface area contributed by atoms with E-state index in [1.807, 2.05) is 19.1 Å². The Hall–Kier alpha value is -1.31. The Morgan fingerprint density at radius 1 is 1.46 bits per heavy atom. The van der Waals surface area contributed by atoms with Gasteiger partial charge in [0, 0.05) is 13.0 Å². The lowest BCUT2D eigenvalue weighted by Crippen LogP contribution is -2.09. The van der Waals surface area contributed by atoms with E-state index in [2.05, 4.69) is 29.8 Å². The predicted octanol–water partition coefficient (Wildman–Crippen LogP) is 2.66. The van der Waals surface area contributed by atoms with Crippen molar-refractivity contribution in [3.8, 4) is 0 Å². The number of hydrazone groups is 1. The number of rotatable bonds is 7. The number of nitrogens with zero attached hydrogens (tertiary/aromatic N) is 1. The van der Waals surface area contributed by atoms with E-state index in [0.29, 0.717) is 0 Å². The van der Waals surface area contributed by atoms with Crippen LogP contribution >= 0.6 is 0 Å². The second-order valence-electron chi connectivity index (χ2n) is 2.57. The van der Waals surface area contributed by atoms with E-state index >= 15 is 0 Å². The minimum atomic E-state index is 0.764. The molecule has 0 spiro atoms. The maximum Gasteiger partial charge on any atom is 0.0634 e. The van der Waals surface area contributed by atoms with Gasteiger partial charge in [-0.15, -0.1) is 6.58 Å². The van der Waals surface area contributed by atoms with Crippen LogP contribution in [0.4, 0.5) is 0 Å². The summed E-state index contributed by atoms with van der Waals surface area (Å²) in [5.74, 6) is 0. The van der Waals surface area contributed by atoms with Gasteiger partial charge < -0.3 is 5.43 Å². The standard InChI is InChI=1S/C11H18N2/c1-4-7-8-10-12-13-11(6-3)9-5-2/h4-7,12H,2-3,8-10H2,1H3/b7-4+,13-11-. The molecule has 0 radical (unpaired) electrons. The van der Waals surface area contributed by atoms with Crippen LogP contribution in [0.15, 0.2) is 42.6 Å². The van der Waals surface area contributed by atoms with Crippen LogP contribution in [0, 0.1) is 0 Å². The molecule has 2 nitrogen and oxygen atoms in total. The maximum atomic E-state index is 4.15. The Morgan fingerprint density at radius 3 is 2.77 bits per heavy atom. The molecule has 0 saturated carbocycles. The molecule has 13 heavy (non-hydrogen) atoms. The summed E-state index contributed by atoms with van der Waals surface area (Å²) in [6.07, 6.45) is 9.45. The van der Waals surface area contributed by atoms with Gasteiger partial charge in [-0.25, -0.2) is 0 Å². The van der Waals surface area contributed by atoms with Crippen molar-refractivity contribution in [1.82, 2.24) is 5.43 Å². The molecule has 72 valence electrons. The first-order valence-electron chi connectivity index (χ1n) is 4.49. The summed E-state index contributed by atoms with van der Waals surface area (Å²) in [5, 5.41) is 4.15. The van der Waals surface area contributed by atoms with E-state index in [1.54, 1.807) is 6.08 Å². The second-order valence-corrected chi connectivity index (χ2v) is 2.57. The molecule has 0 aromatic heterocycles. The topological polar surface area (TPSA) is 24.4 Å². The molecule has 0 bridgehead atoms. The summed E-state index contributed by atoms with van der Waals surface area (Å²) < 4.78 is 0. The first-order chi connectivity index (χ1) is 6.35. The first-order valence-corrected chi connectivity index (χ1v) is 4.49. The Morgan fingerprint density at radius 2 is 2.23 bits per heavy atom. The highest BCUT2D eigenvalue weighted by Crippen LogP contribution is 1.88. The molecule has 0 unspecified atom stereocenters. The lowest BCUT2D eigenvalue weighted by molar-refractivity contribution is 0.741. The smallest absolute Gasteiger partial charge is 0.0634 e. The van der Waals surface area contributed by atoms with E-state index in [1.165, 1.54) is 0 Å². The molecule has 0 aliphatic carbocycles. The predicted molar refractivity (Wildman–Crippen MR) is 59.9 cm³/mol. The van der Waals surface area contributed by atoms with Crippen molar-refractivity contribution in [1.29, 1.82) is 0 Å². The van der Waals surface area contributed by atoms with Crippen molar-refractivity contribution in [3.63, 3.8) is 0 Å². The summed E-state index contributed by atoms with van der Waals surface area (Å²) in [6, 6.07) is 0. The van der Waals surface area contributed by atoms with Gasteiger partial charge in [0.05, 0.1) is 5.71 Å². The van der Waals surface area contributed by atoms with Crippen LogP contribution in [0.2, 0.25) is 0 Å². The average Bonchev–Trinajstić information content (AvgIpc) is 2.16. The number of hydrogen-bond acceptors (Lipinski definition) is 2. The molecule has 0 aliphatic rings. The van der Waals surface area contributed by atoms with Crippen molar-refractivity contribution in [2.45, 2.75) is 19.8 Å². The molecule has 0 aromatic rings. The van der Waals surface area contributed by atoms with Gasteiger partial charge in [0.15, 0.2) is 0 Å². The number of nitrogens with one attached hydrogen (secondary N) is 1. The van der Waals surface area contributed by atoms with Crippen LogP contribution in [0.5, 0.6) is 0 Å². The Balaban J connectivity index is 3.65. The zero-order valence-electron chi connectivity index (χ0n) is 8.29. The molecule has 2 heteroatoms. The molecule has 0 saturated heterocycles. The Kier molecular flexibility index (Phi) is 7.90. The SMILES string of the molecule is C=CC/C(C=C)=N\NCC/C=C/C. The molecular formula is C11H18N2. The minimum absolute atomic E-state index is 0.764. The van der Waals surface area contributed by atoms with Crippen LogP contribution in [0.3, 0.4) is 0 Å². The third kappa shape index (κ3) is 7.06. The third-order valence-electron chi connectivity index (χ3n) is 1.47. The number of hydrogen-bond donors (Lipinski definition) is 1. The van der Waals surface area contributed by atoms with Crippen molar-refractivity contribution in [2.75, 3.05) is 6.54 Å². The van der Waals surface area contributed by atoms with Gasteiger partial charge >= 0.3 is 0 Å². The Bertz CT molecular complexity index is 202. The largest absolute Gasteiger partial charge is 0.310 e. The highest BCUT2D eigenvalue weighted by Gasteiger charge is 1.87. The second kappa shape index (κ2) is 8.78. The number of allylic oxidation sites excluding steroid dienone is 3. The molecule has 0 atom stereocenters. The molecule has 0 heterocycles. The highest BCUT2D eigenvalue weighted by atomic mass is 15.3. The van der Waals surface area contributed by atoms with E-state index in [9.17, 15) is 0 Å². The van der Waals surface area contributed by atoms with E-state index < -0.39 is 0 Å². The zero-order valence-corrected chi connectivity index (χ0v) is 8.29. The molecule has 0 amide bonds. The lowest BCUT2D eigenvalue weighted by atomic mass is 10.3. The van der Waals surface area contributed by atoms with Gasteiger partial charge in [-0.05, 0) is 19.4 Å². The maximum absolute atomic E-state index is 4.15. The summed E-state index contributed by atoms with van der Waals surface area (Å²) in [7, 11) is 0. The average molecular weight is 178 g/mol. The summed E-state index contributed by atoms with van der Waals surface area (Å²) in [5.41, 5.74) is 3.90. The highest BCUT2D eigenvalue weighted by molar-refractivity contribution is 5.95. The Labute approximate surface area is 80.7 Å². The van der Waals surface area contributed by atoms with E-state index in [-0.39, 0.29) is 0 Å². The fraction of sp³-hybridized carbons (Fsp3) is 0.364. The molecule has 0 rings (SSSR count). The van der Waals surface area contributed by atoms with Gasteiger partial charge in [-0.3, -0.25) is 0 Å². The van der Waals surface area contributed by atoms with Gasteiger partial charge in [-0.2, -0.15) is 5.10 Å². The van der Waals surface area contributed by atoms with Gasteiger partial charge in [0.1, 0.15) is 0 Å². The molecule has 0 aromatic carbocycles. The van der Waals surface area contributed by atoms with Crippen molar-refractivity contribution in [3.05, 3.63) is 37.5 Å². The zero-order chi connectivity index (χ0) is 9.94. The fourth-order valence-electron chi connectivity index (χ4n) is 0.795. The van der Waals surface area contributed by atoms with Crippen LogP contribution in [-0.2, 0) is 0 Å². The van der Waals surface area contributed by atoms with Crippen molar-refractivity contribution < 1.29 is 0 Å². The van der Waals surface area contributed by atoms with E-state index in [4.69, 9.17) is 0 Å². The minimum Gasteiger partial charge on any atom is -0.310 e. The van der Waals surface area contributed by atoms with Crippen LogP contribution in [0.1, 0.15) is 19.8 Å². The van der Waals surface area contributed by atoms with Gasteiger partial charge in [0.25, 0.3) is 0 Å². The summed E-state index contributed by atoms with van der Waals surface area (Å²) in [4.78, 5) is 0. The lowest BCUT2D eigenvalue weighted by Gasteiger charge is -1.99. The van der Waals surface area contributed by atoms with Gasteiger partial charge in [-0.1, -0.05) is 24.8 Å².